The number of hydrogen-bond donors (Lipinski definition) is 2. The third-order valence-electron chi connectivity index (χ3n) is 2.96. The number of hydrogen-bond acceptors (Lipinski definition) is 5. The van der Waals surface area contributed by atoms with Crippen LogP contribution < -0.4 is 5.32 Å². The Morgan fingerprint density at radius 1 is 1.33 bits per heavy atom. The van der Waals surface area contributed by atoms with Gasteiger partial charge in [-0.25, -0.2) is 4.98 Å². The molecule has 106 valence electrons. The maximum absolute atomic E-state index is 10.7. The second-order valence-electron chi connectivity index (χ2n) is 4.65. The third kappa shape index (κ3) is 2.81. The number of fused-ring (bicyclic) bond motifs is 1. The lowest BCUT2D eigenvalue weighted by Crippen LogP contribution is -2.03. The molecule has 0 fully saturated rings. The molecule has 3 rings (SSSR count). The van der Waals surface area contributed by atoms with Gasteiger partial charge in [0.05, 0.1) is 6.42 Å². The van der Waals surface area contributed by atoms with Crippen molar-refractivity contribution >= 4 is 23.3 Å². The summed E-state index contributed by atoms with van der Waals surface area (Å²) in [5, 5.41) is 16.1. The average molecular weight is 283 g/mol. The van der Waals surface area contributed by atoms with Crippen LogP contribution in [0.3, 0.4) is 0 Å². The normalized spacial score (nSPS) is 10.7. The quantitative estimate of drug-likeness (QED) is 0.758. The molecule has 7 heteroatoms. The zero-order chi connectivity index (χ0) is 14.8. The molecule has 2 heterocycles. The molecule has 1 aromatic carbocycles. The third-order valence-corrected chi connectivity index (χ3v) is 2.96. The largest absolute Gasteiger partial charge is 0.481 e. The molecule has 0 radical (unpaired) electrons. The molecular weight excluding hydrogens is 270 g/mol. The lowest BCUT2D eigenvalue weighted by atomic mass is 10.1. The first-order valence-corrected chi connectivity index (χ1v) is 6.37. The fraction of sp³-hybridized carbons (Fsp3) is 0.143. The van der Waals surface area contributed by atoms with Crippen LogP contribution in [0.2, 0.25) is 0 Å². The number of anilines is 2. The molecule has 0 aliphatic heterocycles. The standard InChI is InChI=1S/C14H13N5O2/c1-9-6-12(19-14(17-9)15-8-16-19)18-11-4-2-10(3-5-11)7-13(20)21/h2-6,8,18H,7H2,1H3,(H,20,21). The van der Waals surface area contributed by atoms with E-state index in [0.29, 0.717) is 5.78 Å². The SMILES string of the molecule is Cc1cc(Nc2ccc(CC(=O)O)cc2)n2ncnc2n1. The lowest BCUT2D eigenvalue weighted by molar-refractivity contribution is -0.136. The summed E-state index contributed by atoms with van der Waals surface area (Å²) in [6, 6.07) is 9.09. The molecule has 0 saturated carbocycles. The molecular formula is C14H13N5O2. The fourth-order valence-corrected chi connectivity index (χ4v) is 2.05. The highest BCUT2D eigenvalue weighted by Crippen LogP contribution is 2.18. The van der Waals surface area contributed by atoms with E-state index >= 15 is 0 Å². The summed E-state index contributed by atoms with van der Waals surface area (Å²) in [4.78, 5) is 19.0. The Bertz CT molecular complexity index is 795. The summed E-state index contributed by atoms with van der Waals surface area (Å²) in [5.74, 6) is 0.436. The number of benzene rings is 1. The van der Waals surface area contributed by atoms with Crippen LogP contribution in [0, 0.1) is 6.92 Å². The van der Waals surface area contributed by atoms with Crippen molar-refractivity contribution in [1.29, 1.82) is 0 Å². The van der Waals surface area contributed by atoms with Gasteiger partial charge in [-0.2, -0.15) is 14.6 Å². The van der Waals surface area contributed by atoms with E-state index in [9.17, 15) is 4.79 Å². The van der Waals surface area contributed by atoms with Gasteiger partial charge in [-0.3, -0.25) is 4.79 Å². The summed E-state index contributed by atoms with van der Waals surface area (Å²) < 4.78 is 1.61. The molecule has 0 unspecified atom stereocenters. The number of aliphatic carboxylic acids is 1. The maximum Gasteiger partial charge on any atom is 0.307 e. The first-order chi connectivity index (χ1) is 10.1. The van der Waals surface area contributed by atoms with Crippen LogP contribution in [-0.2, 0) is 11.2 Å². The monoisotopic (exact) mass is 283 g/mol. The Labute approximate surface area is 120 Å². The van der Waals surface area contributed by atoms with E-state index in [2.05, 4.69) is 20.4 Å². The Morgan fingerprint density at radius 3 is 2.81 bits per heavy atom. The van der Waals surface area contributed by atoms with E-state index in [-0.39, 0.29) is 6.42 Å². The van der Waals surface area contributed by atoms with E-state index in [1.165, 1.54) is 6.33 Å². The number of nitrogens with one attached hydrogen (secondary N) is 1. The molecule has 0 bridgehead atoms. The highest BCUT2D eigenvalue weighted by molar-refractivity contribution is 5.70. The summed E-state index contributed by atoms with van der Waals surface area (Å²) in [5.41, 5.74) is 2.43. The number of carboxylic acids is 1. The van der Waals surface area contributed by atoms with Gasteiger partial charge in [-0.1, -0.05) is 12.1 Å². The molecule has 0 aliphatic rings. The second-order valence-corrected chi connectivity index (χ2v) is 4.65. The van der Waals surface area contributed by atoms with Crippen molar-refractivity contribution in [2.75, 3.05) is 5.32 Å². The van der Waals surface area contributed by atoms with E-state index in [1.807, 2.05) is 25.1 Å². The first kappa shape index (κ1) is 13.0. The second kappa shape index (κ2) is 5.20. The van der Waals surface area contributed by atoms with Crippen LogP contribution in [0.15, 0.2) is 36.7 Å². The maximum atomic E-state index is 10.7. The van der Waals surface area contributed by atoms with Gasteiger partial charge in [0.25, 0.3) is 5.78 Å². The molecule has 0 spiro atoms. The molecule has 21 heavy (non-hydrogen) atoms. The van der Waals surface area contributed by atoms with Gasteiger partial charge in [-0.15, -0.1) is 0 Å². The van der Waals surface area contributed by atoms with Gasteiger partial charge in [-0.05, 0) is 24.6 Å². The number of aryl methyl sites for hydroxylation is 1. The Hall–Kier alpha value is -2.96. The van der Waals surface area contributed by atoms with Crippen molar-refractivity contribution in [3.8, 4) is 0 Å². The number of aromatic nitrogens is 4. The highest BCUT2D eigenvalue weighted by atomic mass is 16.4. The Kier molecular flexibility index (Phi) is 3.23. The van der Waals surface area contributed by atoms with Gasteiger partial charge < -0.3 is 10.4 Å². The van der Waals surface area contributed by atoms with Crippen LogP contribution in [-0.4, -0.2) is 30.7 Å². The zero-order valence-corrected chi connectivity index (χ0v) is 11.3. The first-order valence-electron chi connectivity index (χ1n) is 6.37. The minimum absolute atomic E-state index is 0.0158. The molecule has 0 saturated heterocycles. The molecule has 0 amide bonds. The van der Waals surface area contributed by atoms with E-state index in [1.54, 1.807) is 16.6 Å². The Balaban J connectivity index is 1.88. The molecule has 0 atom stereocenters. The summed E-state index contributed by atoms with van der Waals surface area (Å²) in [6.45, 7) is 1.88. The number of carbonyl (C=O) groups is 1. The van der Waals surface area contributed by atoms with Gasteiger partial charge in [0, 0.05) is 17.4 Å². The van der Waals surface area contributed by atoms with Gasteiger partial charge in [0.15, 0.2) is 0 Å². The Morgan fingerprint density at radius 2 is 2.10 bits per heavy atom. The summed E-state index contributed by atoms with van der Waals surface area (Å²) in [6.07, 6.45) is 1.46. The molecule has 7 nitrogen and oxygen atoms in total. The van der Waals surface area contributed by atoms with Gasteiger partial charge >= 0.3 is 5.97 Å². The predicted molar refractivity (Wildman–Crippen MR) is 76.6 cm³/mol. The van der Waals surface area contributed by atoms with Gasteiger partial charge in [0.2, 0.25) is 0 Å². The lowest BCUT2D eigenvalue weighted by Gasteiger charge is -2.09. The smallest absolute Gasteiger partial charge is 0.307 e. The van der Waals surface area contributed by atoms with Crippen molar-refractivity contribution in [2.24, 2.45) is 0 Å². The van der Waals surface area contributed by atoms with Gasteiger partial charge in [0.1, 0.15) is 12.1 Å². The minimum atomic E-state index is -0.843. The van der Waals surface area contributed by atoms with Crippen molar-refractivity contribution in [3.63, 3.8) is 0 Å². The fourth-order valence-electron chi connectivity index (χ4n) is 2.05. The summed E-state index contributed by atoms with van der Waals surface area (Å²) in [7, 11) is 0. The van der Waals surface area contributed by atoms with E-state index < -0.39 is 5.97 Å². The zero-order valence-electron chi connectivity index (χ0n) is 11.3. The number of carboxylic acid groups (broad SMARTS) is 1. The molecule has 2 aromatic heterocycles. The average Bonchev–Trinajstić information content (AvgIpc) is 2.88. The van der Waals surface area contributed by atoms with Crippen molar-refractivity contribution < 1.29 is 9.90 Å². The highest BCUT2D eigenvalue weighted by Gasteiger charge is 2.06. The van der Waals surface area contributed by atoms with E-state index in [0.717, 1.165) is 22.8 Å². The van der Waals surface area contributed by atoms with Crippen molar-refractivity contribution in [1.82, 2.24) is 19.6 Å². The number of nitrogens with zero attached hydrogens (tertiary/aromatic N) is 4. The van der Waals surface area contributed by atoms with Crippen LogP contribution >= 0.6 is 0 Å². The number of rotatable bonds is 4. The van der Waals surface area contributed by atoms with Crippen LogP contribution in [0.1, 0.15) is 11.3 Å². The topological polar surface area (TPSA) is 92.4 Å². The van der Waals surface area contributed by atoms with Crippen molar-refractivity contribution in [2.45, 2.75) is 13.3 Å². The predicted octanol–water partition coefficient (Wildman–Crippen LogP) is 1.80. The minimum Gasteiger partial charge on any atom is -0.481 e. The molecule has 0 aliphatic carbocycles. The van der Waals surface area contributed by atoms with Crippen LogP contribution in [0.25, 0.3) is 5.78 Å². The van der Waals surface area contributed by atoms with E-state index in [4.69, 9.17) is 5.11 Å². The van der Waals surface area contributed by atoms with Crippen LogP contribution in [0.5, 0.6) is 0 Å². The summed E-state index contributed by atoms with van der Waals surface area (Å²) >= 11 is 0. The molecule has 3 aromatic rings. The van der Waals surface area contributed by atoms with Crippen LogP contribution in [0.4, 0.5) is 11.5 Å². The van der Waals surface area contributed by atoms with Crippen molar-refractivity contribution in [3.05, 3.63) is 47.9 Å². The molecule has 2 N–H and O–H groups in total.